The van der Waals surface area contributed by atoms with E-state index in [1.165, 1.54) is 12.7 Å². The number of hydrogen-bond acceptors (Lipinski definition) is 6. The number of nitrogens with zero attached hydrogens (tertiary/aromatic N) is 2. The second-order valence-electron chi connectivity index (χ2n) is 8.51. The Labute approximate surface area is 177 Å². The molecule has 1 saturated heterocycles. The van der Waals surface area contributed by atoms with E-state index in [-0.39, 0.29) is 17.8 Å². The lowest BCUT2D eigenvalue weighted by molar-refractivity contribution is -0.145. The first-order valence-electron chi connectivity index (χ1n) is 10.1. The molecular formula is C23H29N3O4. The Balaban J connectivity index is 1.70. The van der Waals surface area contributed by atoms with Crippen LogP contribution in [0, 0.1) is 5.92 Å². The number of benzene rings is 1. The van der Waals surface area contributed by atoms with Crippen LogP contribution >= 0.6 is 0 Å². The molecule has 0 radical (unpaired) electrons. The average molecular weight is 412 g/mol. The number of rotatable bonds is 5. The Morgan fingerprint density at radius 3 is 2.47 bits per heavy atom. The summed E-state index contributed by atoms with van der Waals surface area (Å²) in [4.78, 5) is 31.1. The second-order valence-corrected chi connectivity index (χ2v) is 8.51. The van der Waals surface area contributed by atoms with E-state index in [4.69, 9.17) is 9.47 Å². The summed E-state index contributed by atoms with van der Waals surface area (Å²) in [6.07, 6.45) is 1.06. The molecule has 160 valence electrons. The molecule has 2 atom stereocenters. The summed E-state index contributed by atoms with van der Waals surface area (Å²) < 4.78 is 10.3. The zero-order valence-electron chi connectivity index (χ0n) is 17.9. The molecule has 2 aromatic rings. The van der Waals surface area contributed by atoms with Crippen LogP contribution in [-0.2, 0) is 20.8 Å². The van der Waals surface area contributed by atoms with Gasteiger partial charge in [0, 0.05) is 31.2 Å². The molecule has 1 amide bonds. The summed E-state index contributed by atoms with van der Waals surface area (Å²) in [6, 6.07) is 13.8. The molecule has 1 aliphatic heterocycles. The maximum atomic E-state index is 12.4. The quantitative estimate of drug-likeness (QED) is 0.754. The van der Waals surface area contributed by atoms with Crippen LogP contribution < -0.4 is 5.32 Å². The molecule has 1 aromatic heterocycles. The first-order valence-corrected chi connectivity index (χ1v) is 10.1. The minimum Gasteiger partial charge on any atom is -0.469 e. The maximum Gasteiger partial charge on any atom is 0.412 e. The van der Waals surface area contributed by atoms with Gasteiger partial charge in [-0.05, 0) is 38.5 Å². The third-order valence-electron chi connectivity index (χ3n) is 4.96. The summed E-state index contributed by atoms with van der Waals surface area (Å²) in [5.41, 5.74) is 1.97. The Morgan fingerprint density at radius 2 is 1.87 bits per heavy atom. The molecule has 1 aromatic carbocycles. The van der Waals surface area contributed by atoms with Crippen molar-refractivity contribution in [1.82, 2.24) is 9.88 Å². The van der Waals surface area contributed by atoms with Crippen molar-refractivity contribution in [3.8, 4) is 0 Å². The molecule has 3 rings (SSSR count). The fraction of sp³-hybridized carbons (Fsp3) is 0.435. The molecule has 0 spiro atoms. The monoisotopic (exact) mass is 411 g/mol. The van der Waals surface area contributed by atoms with E-state index >= 15 is 0 Å². The highest BCUT2D eigenvalue weighted by atomic mass is 16.6. The van der Waals surface area contributed by atoms with Crippen molar-refractivity contribution in [3.63, 3.8) is 0 Å². The molecule has 2 heterocycles. The molecule has 0 bridgehead atoms. The smallest absolute Gasteiger partial charge is 0.412 e. The van der Waals surface area contributed by atoms with Crippen molar-refractivity contribution in [2.24, 2.45) is 5.92 Å². The predicted molar refractivity (Wildman–Crippen MR) is 114 cm³/mol. The summed E-state index contributed by atoms with van der Waals surface area (Å²) in [5.74, 6) is -0.582. The van der Waals surface area contributed by atoms with Gasteiger partial charge in [-0.2, -0.15) is 0 Å². The van der Waals surface area contributed by atoms with E-state index < -0.39 is 11.7 Å². The summed E-state index contributed by atoms with van der Waals surface area (Å²) in [6.45, 7) is 7.52. The van der Waals surface area contributed by atoms with Crippen LogP contribution in [0.15, 0.2) is 48.7 Å². The number of ether oxygens (including phenoxy) is 2. The van der Waals surface area contributed by atoms with Crippen LogP contribution in [0.25, 0.3) is 0 Å². The number of carbonyl (C=O) groups is 2. The van der Waals surface area contributed by atoms with Crippen LogP contribution in [0.4, 0.5) is 10.5 Å². The van der Waals surface area contributed by atoms with Gasteiger partial charge >= 0.3 is 12.1 Å². The van der Waals surface area contributed by atoms with Crippen LogP contribution in [-0.4, -0.2) is 47.7 Å². The normalized spacial score (nSPS) is 19.3. The van der Waals surface area contributed by atoms with Crippen molar-refractivity contribution in [2.45, 2.75) is 38.8 Å². The number of anilines is 1. The number of pyridine rings is 1. The van der Waals surface area contributed by atoms with Crippen molar-refractivity contribution < 1.29 is 19.1 Å². The lowest BCUT2D eigenvalue weighted by atomic mass is 9.92. The topological polar surface area (TPSA) is 80.8 Å². The number of hydrogen-bond donors (Lipinski definition) is 1. The predicted octanol–water partition coefficient (Wildman–Crippen LogP) is 3.82. The summed E-state index contributed by atoms with van der Waals surface area (Å²) in [7, 11) is 1.42. The van der Waals surface area contributed by atoms with Gasteiger partial charge in [0.05, 0.1) is 24.9 Å². The summed E-state index contributed by atoms with van der Waals surface area (Å²) in [5, 5.41) is 2.68. The van der Waals surface area contributed by atoms with E-state index in [0.29, 0.717) is 18.8 Å². The van der Waals surface area contributed by atoms with Gasteiger partial charge in [0.1, 0.15) is 5.60 Å². The van der Waals surface area contributed by atoms with Crippen LogP contribution in [0.2, 0.25) is 0 Å². The van der Waals surface area contributed by atoms with Gasteiger partial charge in [0.2, 0.25) is 0 Å². The number of nitrogens with one attached hydrogen (secondary N) is 1. The molecule has 30 heavy (non-hydrogen) atoms. The van der Waals surface area contributed by atoms with Gasteiger partial charge in [-0.25, -0.2) is 4.79 Å². The van der Waals surface area contributed by atoms with Gasteiger partial charge in [-0.15, -0.1) is 0 Å². The summed E-state index contributed by atoms with van der Waals surface area (Å²) >= 11 is 0. The van der Waals surface area contributed by atoms with Gasteiger partial charge in [0.15, 0.2) is 0 Å². The Kier molecular flexibility index (Phi) is 6.72. The number of carbonyl (C=O) groups excluding carboxylic acids is 2. The van der Waals surface area contributed by atoms with Gasteiger partial charge in [-0.1, -0.05) is 30.3 Å². The fourth-order valence-electron chi connectivity index (χ4n) is 3.67. The number of methoxy groups -OCH3 is 1. The minimum atomic E-state index is -0.572. The number of aromatic nitrogens is 1. The van der Waals surface area contributed by atoms with Gasteiger partial charge in [0.25, 0.3) is 0 Å². The molecule has 0 saturated carbocycles. The fourth-order valence-corrected chi connectivity index (χ4v) is 3.67. The highest BCUT2D eigenvalue weighted by Crippen LogP contribution is 2.33. The highest BCUT2D eigenvalue weighted by Gasteiger charge is 2.39. The van der Waals surface area contributed by atoms with E-state index in [9.17, 15) is 9.59 Å². The number of likely N-dealkylation sites (tertiary alicyclic amines) is 1. The molecule has 1 aliphatic rings. The van der Waals surface area contributed by atoms with Crippen molar-refractivity contribution in [2.75, 3.05) is 25.5 Å². The maximum absolute atomic E-state index is 12.4. The first-order chi connectivity index (χ1) is 14.2. The van der Waals surface area contributed by atoms with Crippen molar-refractivity contribution >= 4 is 17.7 Å². The number of amides is 1. The van der Waals surface area contributed by atoms with Crippen LogP contribution in [0.3, 0.4) is 0 Å². The van der Waals surface area contributed by atoms with Crippen LogP contribution in [0.5, 0.6) is 0 Å². The Hall–Kier alpha value is -2.93. The zero-order chi connectivity index (χ0) is 21.7. The highest BCUT2D eigenvalue weighted by molar-refractivity contribution is 5.84. The zero-order valence-corrected chi connectivity index (χ0v) is 17.9. The first kappa shape index (κ1) is 21.8. The molecule has 1 N–H and O–H groups in total. The third-order valence-corrected chi connectivity index (χ3v) is 4.96. The molecular weight excluding hydrogens is 382 g/mol. The average Bonchev–Trinajstić information content (AvgIpc) is 3.11. The minimum absolute atomic E-state index is 0.0725. The van der Waals surface area contributed by atoms with Crippen molar-refractivity contribution in [3.05, 3.63) is 59.9 Å². The molecule has 1 fully saturated rings. The largest absolute Gasteiger partial charge is 0.469 e. The molecule has 7 nitrogen and oxygen atoms in total. The van der Waals surface area contributed by atoms with Gasteiger partial charge < -0.3 is 9.47 Å². The van der Waals surface area contributed by atoms with Crippen molar-refractivity contribution in [1.29, 1.82) is 0 Å². The van der Waals surface area contributed by atoms with E-state index in [1.54, 1.807) is 12.3 Å². The molecule has 0 unspecified atom stereocenters. The van der Waals surface area contributed by atoms with E-state index in [0.717, 1.165) is 12.2 Å². The number of esters is 1. The second kappa shape index (κ2) is 9.26. The lowest BCUT2D eigenvalue weighted by Crippen LogP contribution is -2.27. The standard InChI is InChI=1S/C23H29N3O4/c1-23(2,3)30-22(28)25-17-10-11-20(24-12-17)18-14-26(15-19(18)21(27)29-4)13-16-8-6-5-7-9-16/h5-12,18-19H,13-15H2,1-4H3,(H,25,28)/t18-,19+/m0/s1. The molecule has 7 heteroatoms. The van der Waals surface area contributed by atoms with E-state index in [2.05, 4.69) is 27.3 Å². The molecule has 0 aliphatic carbocycles. The SMILES string of the molecule is COC(=O)[C@@H]1CN(Cc2ccccc2)C[C@@H]1c1ccc(NC(=O)OC(C)(C)C)cn1. The lowest BCUT2D eigenvalue weighted by Gasteiger charge is -2.20. The van der Waals surface area contributed by atoms with E-state index in [1.807, 2.05) is 45.0 Å². The third kappa shape index (κ3) is 5.79. The Morgan fingerprint density at radius 1 is 1.13 bits per heavy atom. The Bertz CT molecular complexity index is 862. The van der Waals surface area contributed by atoms with Crippen LogP contribution in [0.1, 0.15) is 37.9 Å². The van der Waals surface area contributed by atoms with Gasteiger partial charge in [-0.3, -0.25) is 20.0 Å².